The molecule has 0 saturated heterocycles. The normalized spacial score (nSPS) is 16.5. The van der Waals surface area contributed by atoms with E-state index in [0.717, 1.165) is 23.0 Å². The van der Waals surface area contributed by atoms with Crippen LogP contribution in [0.4, 0.5) is 0 Å². The third kappa shape index (κ3) is 2.53. The van der Waals surface area contributed by atoms with Gasteiger partial charge < -0.3 is 9.47 Å². The van der Waals surface area contributed by atoms with Crippen molar-refractivity contribution in [3.05, 3.63) is 45.9 Å². The van der Waals surface area contributed by atoms with Gasteiger partial charge in [0.2, 0.25) is 0 Å². The third-order valence-electron chi connectivity index (χ3n) is 6.30. The fraction of sp³-hybridized carbons (Fsp3) is 0.462. The molecular formula is C26H32O2. The van der Waals surface area contributed by atoms with Gasteiger partial charge in [-0.25, -0.2) is 0 Å². The first kappa shape index (κ1) is 19.1. The average molecular weight is 377 g/mol. The molecule has 0 atom stereocenters. The lowest BCUT2D eigenvalue weighted by atomic mass is 9.76. The molecule has 0 amide bonds. The first-order valence-corrected chi connectivity index (χ1v) is 10.2. The van der Waals surface area contributed by atoms with Crippen LogP contribution in [0.3, 0.4) is 0 Å². The standard InChI is InChI=1S/C26H32O2/c1-13-15(3)27-23-20(26(8,9)10)12-18-14(2)16(4)28-24-19(25(5,6)7)11-17(13)21(23)22(18)24/h11-12H,1-10H3. The van der Waals surface area contributed by atoms with E-state index in [1.54, 1.807) is 0 Å². The Bertz CT molecular complexity index is 1010. The van der Waals surface area contributed by atoms with Crippen molar-refractivity contribution in [1.29, 1.82) is 0 Å². The second kappa shape index (κ2) is 5.65. The zero-order chi connectivity index (χ0) is 20.8. The Morgan fingerprint density at radius 3 is 1.18 bits per heavy atom. The van der Waals surface area contributed by atoms with E-state index in [0.29, 0.717) is 0 Å². The van der Waals surface area contributed by atoms with E-state index in [-0.39, 0.29) is 10.8 Å². The Morgan fingerprint density at radius 2 is 0.893 bits per heavy atom. The van der Waals surface area contributed by atoms with Crippen LogP contribution in [0, 0.1) is 0 Å². The van der Waals surface area contributed by atoms with Crippen LogP contribution >= 0.6 is 0 Å². The number of hydrogen-bond donors (Lipinski definition) is 0. The minimum absolute atomic E-state index is 0.0157. The molecule has 2 nitrogen and oxygen atoms in total. The molecule has 4 rings (SSSR count). The molecule has 2 aliphatic rings. The number of benzene rings is 2. The first-order chi connectivity index (χ1) is 12.8. The van der Waals surface area contributed by atoms with Gasteiger partial charge in [0, 0.05) is 21.9 Å². The maximum atomic E-state index is 6.45. The van der Waals surface area contributed by atoms with Crippen molar-refractivity contribution in [2.24, 2.45) is 0 Å². The lowest BCUT2D eigenvalue weighted by Gasteiger charge is -2.35. The molecule has 0 aliphatic carbocycles. The van der Waals surface area contributed by atoms with Gasteiger partial charge in [0.05, 0.1) is 0 Å². The van der Waals surface area contributed by atoms with E-state index in [2.05, 4.69) is 81.4 Å². The molecule has 2 heteroatoms. The minimum Gasteiger partial charge on any atom is -0.461 e. The first-order valence-electron chi connectivity index (χ1n) is 10.2. The molecule has 0 fully saturated rings. The van der Waals surface area contributed by atoms with Gasteiger partial charge in [-0.1, -0.05) is 41.5 Å². The molecule has 148 valence electrons. The highest BCUT2D eigenvalue weighted by Crippen LogP contribution is 2.54. The van der Waals surface area contributed by atoms with Crippen molar-refractivity contribution < 1.29 is 9.47 Å². The number of hydrogen-bond acceptors (Lipinski definition) is 2. The summed E-state index contributed by atoms with van der Waals surface area (Å²) in [6.45, 7) is 22.1. The molecule has 2 heterocycles. The van der Waals surface area contributed by atoms with Gasteiger partial charge in [0.15, 0.2) is 0 Å². The lowest BCUT2D eigenvalue weighted by Crippen LogP contribution is -2.20. The summed E-state index contributed by atoms with van der Waals surface area (Å²) in [5.41, 5.74) is 7.47. The molecule has 0 radical (unpaired) electrons. The second-order valence-corrected chi connectivity index (χ2v) is 10.4. The Labute approximate surface area is 169 Å². The largest absolute Gasteiger partial charge is 0.461 e. The zero-order valence-corrected chi connectivity index (χ0v) is 19.0. The SMILES string of the molecule is CC1=C(C)c2cc(C(C)(C)C)c3c4c(cc(C(C)(C)C)c(c24)O1)C(C)=C(C)O3. The van der Waals surface area contributed by atoms with E-state index >= 15 is 0 Å². The summed E-state index contributed by atoms with van der Waals surface area (Å²) in [6, 6.07) is 4.68. The van der Waals surface area contributed by atoms with Gasteiger partial charge >= 0.3 is 0 Å². The quantitative estimate of drug-likeness (QED) is 0.468. The van der Waals surface area contributed by atoms with Gasteiger partial charge in [-0.2, -0.15) is 0 Å². The van der Waals surface area contributed by atoms with Crippen LogP contribution in [0.25, 0.3) is 21.9 Å². The van der Waals surface area contributed by atoms with E-state index in [4.69, 9.17) is 9.47 Å². The Morgan fingerprint density at radius 1 is 0.571 bits per heavy atom. The summed E-state index contributed by atoms with van der Waals surface area (Å²) in [6.07, 6.45) is 0. The van der Waals surface area contributed by atoms with Crippen molar-refractivity contribution >= 4 is 21.9 Å². The van der Waals surface area contributed by atoms with Crippen LogP contribution < -0.4 is 9.47 Å². The zero-order valence-electron chi connectivity index (χ0n) is 19.0. The van der Waals surface area contributed by atoms with Gasteiger partial charge in [-0.05, 0) is 72.9 Å². The van der Waals surface area contributed by atoms with E-state index in [1.807, 2.05) is 0 Å². The number of allylic oxidation sites excluding steroid dienone is 4. The fourth-order valence-corrected chi connectivity index (χ4v) is 4.33. The monoisotopic (exact) mass is 376 g/mol. The van der Waals surface area contributed by atoms with E-state index in [9.17, 15) is 0 Å². The molecule has 2 aromatic carbocycles. The van der Waals surface area contributed by atoms with Gasteiger partial charge in [0.25, 0.3) is 0 Å². The van der Waals surface area contributed by atoms with Crippen molar-refractivity contribution in [1.82, 2.24) is 0 Å². The van der Waals surface area contributed by atoms with Crippen molar-refractivity contribution in [2.45, 2.75) is 80.1 Å². The lowest BCUT2D eigenvalue weighted by molar-refractivity contribution is 0.405. The van der Waals surface area contributed by atoms with E-state index < -0.39 is 0 Å². The topological polar surface area (TPSA) is 18.5 Å². The fourth-order valence-electron chi connectivity index (χ4n) is 4.33. The minimum atomic E-state index is -0.0157. The second-order valence-electron chi connectivity index (χ2n) is 10.4. The van der Waals surface area contributed by atoms with Gasteiger partial charge in [0.1, 0.15) is 23.0 Å². The maximum absolute atomic E-state index is 6.45. The van der Waals surface area contributed by atoms with Crippen LogP contribution in [0.1, 0.15) is 91.5 Å². The van der Waals surface area contributed by atoms with Gasteiger partial charge in [-0.15, -0.1) is 0 Å². The third-order valence-corrected chi connectivity index (χ3v) is 6.30. The molecule has 0 spiro atoms. The predicted octanol–water partition coefficient (Wildman–Crippen LogP) is 7.72. The van der Waals surface area contributed by atoms with Crippen LogP contribution in [0.2, 0.25) is 0 Å². The summed E-state index contributed by atoms with van der Waals surface area (Å²) in [5, 5.41) is 2.42. The van der Waals surface area contributed by atoms with E-state index in [1.165, 1.54) is 44.2 Å². The Hall–Kier alpha value is -2.22. The molecule has 0 unspecified atom stereocenters. The van der Waals surface area contributed by atoms with Crippen LogP contribution in [-0.4, -0.2) is 0 Å². The molecule has 2 aliphatic heterocycles. The van der Waals surface area contributed by atoms with Crippen LogP contribution in [0.5, 0.6) is 11.5 Å². The summed E-state index contributed by atoms with van der Waals surface area (Å²) < 4.78 is 12.9. The molecule has 28 heavy (non-hydrogen) atoms. The highest BCUT2D eigenvalue weighted by molar-refractivity contribution is 6.10. The smallest absolute Gasteiger partial charge is 0.139 e. The van der Waals surface area contributed by atoms with Gasteiger partial charge in [-0.3, -0.25) is 0 Å². The van der Waals surface area contributed by atoms with Crippen molar-refractivity contribution in [3.8, 4) is 11.5 Å². The summed E-state index contributed by atoms with van der Waals surface area (Å²) in [4.78, 5) is 0. The predicted molar refractivity (Wildman–Crippen MR) is 119 cm³/mol. The summed E-state index contributed by atoms with van der Waals surface area (Å²) in [5.74, 6) is 3.98. The van der Waals surface area contributed by atoms with Crippen LogP contribution in [-0.2, 0) is 10.8 Å². The average Bonchev–Trinajstić information content (AvgIpc) is 2.56. The van der Waals surface area contributed by atoms with Crippen molar-refractivity contribution in [3.63, 3.8) is 0 Å². The Kier molecular flexibility index (Phi) is 3.86. The summed E-state index contributed by atoms with van der Waals surface area (Å²) in [7, 11) is 0. The molecule has 2 aromatic rings. The highest BCUT2D eigenvalue weighted by Gasteiger charge is 2.35. The highest BCUT2D eigenvalue weighted by atomic mass is 16.5. The van der Waals surface area contributed by atoms with Crippen molar-refractivity contribution in [2.75, 3.05) is 0 Å². The number of ether oxygens (including phenoxy) is 2. The number of rotatable bonds is 0. The summed E-state index contributed by atoms with van der Waals surface area (Å²) >= 11 is 0. The van der Waals surface area contributed by atoms with Crippen LogP contribution in [0.15, 0.2) is 23.7 Å². The molecule has 0 aromatic heterocycles. The molecular weight excluding hydrogens is 344 g/mol. The molecule has 0 saturated carbocycles. The maximum Gasteiger partial charge on any atom is 0.139 e. The Balaban J connectivity index is 2.30. The molecule has 0 bridgehead atoms. The molecule has 0 N–H and O–H groups in total.